The molecule has 25 heavy (non-hydrogen) atoms. The van der Waals surface area contributed by atoms with Crippen molar-refractivity contribution in [3.05, 3.63) is 97.1 Å². The molecule has 126 valence electrons. The molecule has 0 spiro atoms. The maximum Gasteiger partial charge on any atom is 0.0361 e. The summed E-state index contributed by atoms with van der Waals surface area (Å²) in [7, 11) is 4.10. The highest BCUT2D eigenvalue weighted by molar-refractivity contribution is 7.95. The Hall–Kier alpha value is -2.50. The highest BCUT2D eigenvalue weighted by Gasteiger charge is 2.24. The van der Waals surface area contributed by atoms with Crippen molar-refractivity contribution >= 4 is 34.8 Å². The Morgan fingerprint density at radius 1 is 0.720 bits per heavy atom. The van der Waals surface area contributed by atoms with Crippen molar-refractivity contribution in [1.82, 2.24) is 0 Å². The minimum atomic E-state index is -1.98. The molecule has 0 N–H and O–H groups in total. The molecule has 3 rings (SSSR count). The Balaban J connectivity index is 2.12. The number of hydrogen-bond acceptors (Lipinski definition) is 1. The highest BCUT2D eigenvalue weighted by Crippen LogP contribution is 2.55. The SMILES string of the molecule is C=C(c1ccc(N(C)C)cc1)P(=C)(c1ccccc1)c1ccccc1. The first-order chi connectivity index (χ1) is 12.0. The molecule has 0 heterocycles. The van der Waals surface area contributed by atoms with Gasteiger partial charge in [0.2, 0.25) is 0 Å². The van der Waals surface area contributed by atoms with E-state index in [9.17, 15) is 0 Å². The third kappa shape index (κ3) is 3.34. The van der Waals surface area contributed by atoms with Gasteiger partial charge in [-0.25, -0.2) is 0 Å². The van der Waals surface area contributed by atoms with E-state index in [0.29, 0.717) is 0 Å². The van der Waals surface area contributed by atoms with Gasteiger partial charge in [-0.2, -0.15) is 0 Å². The van der Waals surface area contributed by atoms with Gasteiger partial charge in [-0.1, -0.05) is 85.7 Å². The summed E-state index contributed by atoms with van der Waals surface area (Å²) in [5, 5.41) is 3.61. The van der Waals surface area contributed by atoms with Crippen LogP contribution in [-0.2, 0) is 0 Å². The van der Waals surface area contributed by atoms with Crippen LogP contribution >= 0.6 is 6.89 Å². The molecule has 3 aromatic carbocycles. The summed E-state index contributed by atoms with van der Waals surface area (Å²) in [6, 6.07) is 29.7. The van der Waals surface area contributed by atoms with Crippen LogP contribution in [0.5, 0.6) is 0 Å². The molecular formula is C23H24NP. The summed E-state index contributed by atoms with van der Waals surface area (Å²) >= 11 is 0. The summed E-state index contributed by atoms with van der Waals surface area (Å²) in [4.78, 5) is 2.10. The number of rotatable bonds is 5. The van der Waals surface area contributed by atoms with Gasteiger partial charge in [-0.3, -0.25) is 0 Å². The van der Waals surface area contributed by atoms with Gasteiger partial charge in [0.25, 0.3) is 0 Å². The smallest absolute Gasteiger partial charge is 0.0361 e. The van der Waals surface area contributed by atoms with Crippen LogP contribution in [0.25, 0.3) is 5.31 Å². The van der Waals surface area contributed by atoms with Gasteiger partial charge in [0, 0.05) is 19.8 Å². The Morgan fingerprint density at radius 3 is 1.56 bits per heavy atom. The van der Waals surface area contributed by atoms with Gasteiger partial charge >= 0.3 is 0 Å². The van der Waals surface area contributed by atoms with E-state index in [1.807, 2.05) is 12.1 Å². The van der Waals surface area contributed by atoms with E-state index in [2.05, 4.69) is 98.4 Å². The molecule has 0 fully saturated rings. The lowest BCUT2D eigenvalue weighted by atomic mass is 10.2. The Bertz CT molecular complexity index is 850. The summed E-state index contributed by atoms with van der Waals surface area (Å²) in [6.07, 6.45) is 4.75. The number of anilines is 1. The molecule has 0 saturated carbocycles. The predicted octanol–water partition coefficient (Wildman–Crippen LogP) is 4.82. The molecule has 0 aromatic heterocycles. The summed E-state index contributed by atoms with van der Waals surface area (Å²) in [6.45, 7) is 2.51. The van der Waals surface area contributed by atoms with Gasteiger partial charge in [0.05, 0.1) is 0 Å². The standard InChI is InChI=1S/C23H24NP/c1-19(20-15-17-21(18-16-20)24(2)3)25(4,22-11-7-5-8-12-22)23-13-9-6-10-14-23/h5-18H,1,4H2,2-3H3. The predicted molar refractivity (Wildman–Crippen MR) is 116 cm³/mol. The summed E-state index contributed by atoms with van der Waals surface area (Å²) < 4.78 is 0. The Kier molecular flexibility index (Phi) is 4.97. The van der Waals surface area contributed by atoms with Crippen molar-refractivity contribution in [3.63, 3.8) is 0 Å². The summed E-state index contributed by atoms with van der Waals surface area (Å²) in [5.74, 6) is 0. The largest absolute Gasteiger partial charge is 0.378 e. The third-order valence-electron chi connectivity index (χ3n) is 4.57. The molecule has 0 unspecified atom stereocenters. The topological polar surface area (TPSA) is 3.24 Å². The van der Waals surface area contributed by atoms with Crippen LogP contribution in [0.3, 0.4) is 0 Å². The van der Waals surface area contributed by atoms with Crippen LogP contribution in [0.4, 0.5) is 5.69 Å². The second kappa shape index (κ2) is 7.17. The van der Waals surface area contributed by atoms with E-state index in [-0.39, 0.29) is 0 Å². The second-order valence-electron chi connectivity index (χ2n) is 6.37. The number of hydrogen-bond donors (Lipinski definition) is 0. The normalized spacial score (nSPS) is 11.1. The average Bonchev–Trinajstić information content (AvgIpc) is 2.68. The second-order valence-corrected chi connectivity index (χ2v) is 9.56. The van der Waals surface area contributed by atoms with Crippen LogP contribution in [-0.4, -0.2) is 20.4 Å². The van der Waals surface area contributed by atoms with E-state index >= 15 is 0 Å². The van der Waals surface area contributed by atoms with Crippen molar-refractivity contribution in [2.45, 2.75) is 0 Å². The molecule has 0 saturated heterocycles. The quantitative estimate of drug-likeness (QED) is 0.599. The van der Waals surface area contributed by atoms with E-state index in [0.717, 1.165) is 10.9 Å². The fourth-order valence-corrected chi connectivity index (χ4v) is 5.87. The highest BCUT2D eigenvalue weighted by atomic mass is 31.2. The van der Waals surface area contributed by atoms with E-state index < -0.39 is 6.89 Å². The molecule has 3 aromatic rings. The minimum Gasteiger partial charge on any atom is -0.378 e. The van der Waals surface area contributed by atoms with Crippen LogP contribution in [0.2, 0.25) is 0 Å². The lowest BCUT2D eigenvalue weighted by Crippen LogP contribution is -2.17. The number of benzene rings is 3. The Morgan fingerprint density at radius 2 is 1.16 bits per heavy atom. The molecule has 0 radical (unpaired) electrons. The first-order valence-corrected chi connectivity index (χ1v) is 10.3. The zero-order valence-electron chi connectivity index (χ0n) is 14.9. The van der Waals surface area contributed by atoms with Crippen molar-refractivity contribution in [3.8, 4) is 0 Å². The average molecular weight is 345 g/mol. The van der Waals surface area contributed by atoms with Crippen LogP contribution in [0.15, 0.2) is 91.5 Å². The molecule has 2 heteroatoms. The van der Waals surface area contributed by atoms with Crippen LogP contribution < -0.4 is 15.5 Å². The van der Waals surface area contributed by atoms with E-state index in [1.165, 1.54) is 16.3 Å². The van der Waals surface area contributed by atoms with Gasteiger partial charge < -0.3 is 4.90 Å². The fourth-order valence-electron chi connectivity index (χ4n) is 3.00. The Labute approximate surface area is 151 Å². The maximum absolute atomic E-state index is 4.75. The minimum absolute atomic E-state index is 1.11. The molecule has 0 atom stereocenters. The van der Waals surface area contributed by atoms with Crippen molar-refractivity contribution in [2.75, 3.05) is 19.0 Å². The molecular weight excluding hydrogens is 321 g/mol. The molecule has 0 aliphatic rings. The van der Waals surface area contributed by atoms with Crippen LogP contribution in [0, 0.1) is 0 Å². The zero-order valence-corrected chi connectivity index (χ0v) is 15.8. The van der Waals surface area contributed by atoms with E-state index in [1.54, 1.807) is 0 Å². The lowest BCUT2D eigenvalue weighted by Gasteiger charge is -2.29. The monoisotopic (exact) mass is 345 g/mol. The lowest BCUT2D eigenvalue weighted by molar-refractivity contribution is 1.13. The van der Waals surface area contributed by atoms with Crippen molar-refractivity contribution in [1.29, 1.82) is 0 Å². The first kappa shape index (κ1) is 17.3. The van der Waals surface area contributed by atoms with Gasteiger partial charge in [0.15, 0.2) is 0 Å². The molecule has 0 aliphatic heterocycles. The molecule has 0 bridgehead atoms. The number of nitrogens with zero attached hydrogens (tertiary/aromatic N) is 1. The molecule has 1 nitrogen and oxygen atoms in total. The van der Waals surface area contributed by atoms with Gasteiger partial charge in [-0.15, -0.1) is 0 Å². The van der Waals surface area contributed by atoms with Crippen molar-refractivity contribution in [2.24, 2.45) is 0 Å². The molecule has 0 amide bonds. The zero-order chi connectivity index (χ0) is 17.9. The molecule has 0 aliphatic carbocycles. The van der Waals surface area contributed by atoms with Crippen molar-refractivity contribution < 1.29 is 0 Å². The fraction of sp³-hybridized carbons (Fsp3) is 0.0870. The van der Waals surface area contributed by atoms with Gasteiger partial charge in [-0.05, 0) is 40.5 Å². The van der Waals surface area contributed by atoms with Crippen LogP contribution in [0.1, 0.15) is 5.56 Å². The third-order valence-corrected chi connectivity index (χ3v) is 8.11. The maximum atomic E-state index is 4.75. The first-order valence-electron chi connectivity index (χ1n) is 8.35. The van der Waals surface area contributed by atoms with E-state index in [4.69, 9.17) is 6.30 Å². The van der Waals surface area contributed by atoms with Gasteiger partial charge in [0.1, 0.15) is 0 Å². The summed E-state index contributed by atoms with van der Waals surface area (Å²) in [5.41, 5.74) is 2.34.